The summed E-state index contributed by atoms with van der Waals surface area (Å²) in [6.07, 6.45) is 1.09. The molecule has 0 saturated heterocycles. The Morgan fingerprint density at radius 2 is 1.67 bits per heavy atom. The minimum absolute atomic E-state index is 0.0319. The molecule has 15 heavy (non-hydrogen) atoms. The molecule has 0 aliphatic heterocycles. The van der Waals surface area contributed by atoms with Crippen molar-refractivity contribution >= 4 is 11.6 Å². The predicted molar refractivity (Wildman–Crippen MR) is 64.0 cm³/mol. The first-order chi connectivity index (χ1) is 6.99. The monoisotopic (exact) mass is 215 g/mol. The van der Waals surface area contributed by atoms with Gasteiger partial charge in [0.2, 0.25) is 0 Å². The van der Waals surface area contributed by atoms with Crippen molar-refractivity contribution in [1.82, 2.24) is 5.32 Å². The Balaban J connectivity index is 0. The van der Waals surface area contributed by atoms with E-state index < -0.39 is 0 Å². The summed E-state index contributed by atoms with van der Waals surface area (Å²) in [4.78, 5) is 22.2. The van der Waals surface area contributed by atoms with E-state index in [1.54, 1.807) is 14.0 Å². The third kappa shape index (κ3) is 8.30. The number of hydrogen-bond acceptors (Lipinski definition) is 3. The first kappa shape index (κ1) is 16.7. The Bertz CT molecular complexity index is 188. The number of ketones is 2. The largest absolute Gasteiger partial charge is 0.311 e. The van der Waals surface area contributed by atoms with Crippen LogP contribution in [0.25, 0.3) is 0 Å². The fourth-order valence-corrected chi connectivity index (χ4v) is 1.18. The summed E-state index contributed by atoms with van der Waals surface area (Å²) in [6, 6.07) is -0.163. The maximum absolute atomic E-state index is 11.5. The van der Waals surface area contributed by atoms with Crippen molar-refractivity contribution in [2.45, 2.75) is 53.5 Å². The second kappa shape index (κ2) is 9.84. The summed E-state index contributed by atoms with van der Waals surface area (Å²) in [7, 11) is 1.76. The van der Waals surface area contributed by atoms with Crippen molar-refractivity contribution in [2.24, 2.45) is 5.92 Å². The standard InChI is InChI=1S/C10H19NO2.C2H6/c1-7(2)10(13)9(11-4)6-5-8(3)12;1-2/h7,9,11H,5-6H2,1-4H3;1-2H3. The van der Waals surface area contributed by atoms with Crippen molar-refractivity contribution in [2.75, 3.05) is 7.05 Å². The second-order valence-corrected chi connectivity index (χ2v) is 3.64. The van der Waals surface area contributed by atoms with E-state index in [0.717, 1.165) is 0 Å². The first-order valence-electron chi connectivity index (χ1n) is 5.69. The van der Waals surface area contributed by atoms with Gasteiger partial charge in [0.15, 0.2) is 5.78 Å². The van der Waals surface area contributed by atoms with E-state index in [0.29, 0.717) is 12.8 Å². The van der Waals surface area contributed by atoms with Crippen molar-refractivity contribution in [3.05, 3.63) is 0 Å². The van der Waals surface area contributed by atoms with Crippen LogP contribution in [0.4, 0.5) is 0 Å². The lowest BCUT2D eigenvalue weighted by molar-refractivity contribution is -0.124. The summed E-state index contributed by atoms with van der Waals surface area (Å²) in [5.41, 5.74) is 0. The lowest BCUT2D eigenvalue weighted by Crippen LogP contribution is -2.37. The molecule has 3 nitrogen and oxygen atoms in total. The highest BCUT2D eigenvalue weighted by Gasteiger charge is 2.19. The molecule has 0 heterocycles. The van der Waals surface area contributed by atoms with Crippen LogP contribution < -0.4 is 5.32 Å². The lowest BCUT2D eigenvalue weighted by atomic mass is 9.97. The molecule has 1 N–H and O–H groups in total. The summed E-state index contributed by atoms with van der Waals surface area (Å²) in [6.45, 7) is 9.30. The minimum Gasteiger partial charge on any atom is -0.311 e. The van der Waals surface area contributed by atoms with E-state index in [2.05, 4.69) is 5.32 Å². The molecule has 3 heteroatoms. The van der Waals surface area contributed by atoms with Crippen LogP contribution in [0.5, 0.6) is 0 Å². The molecular weight excluding hydrogens is 190 g/mol. The summed E-state index contributed by atoms with van der Waals surface area (Å²) >= 11 is 0. The average molecular weight is 215 g/mol. The lowest BCUT2D eigenvalue weighted by Gasteiger charge is -2.16. The normalized spacial score (nSPS) is 11.7. The van der Waals surface area contributed by atoms with Crippen molar-refractivity contribution in [1.29, 1.82) is 0 Å². The number of nitrogens with one attached hydrogen (secondary N) is 1. The van der Waals surface area contributed by atoms with Crippen molar-refractivity contribution < 1.29 is 9.59 Å². The number of carbonyl (C=O) groups is 2. The molecule has 0 radical (unpaired) electrons. The highest BCUT2D eigenvalue weighted by molar-refractivity contribution is 5.86. The number of hydrogen-bond donors (Lipinski definition) is 1. The number of Topliss-reactive ketones (excluding diaryl/α,β-unsaturated/α-hetero) is 2. The molecule has 0 fully saturated rings. The van der Waals surface area contributed by atoms with E-state index in [1.165, 1.54) is 0 Å². The molecule has 0 saturated carbocycles. The maximum atomic E-state index is 11.5. The first-order valence-corrected chi connectivity index (χ1v) is 5.69. The van der Waals surface area contributed by atoms with E-state index >= 15 is 0 Å². The highest BCUT2D eigenvalue weighted by atomic mass is 16.1. The molecule has 0 amide bonds. The molecule has 0 aromatic rings. The van der Waals surface area contributed by atoms with Gasteiger partial charge in [-0.1, -0.05) is 27.7 Å². The summed E-state index contributed by atoms with van der Waals surface area (Å²) in [5.74, 6) is 0.352. The van der Waals surface area contributed by atoms with E-state index in [9.17, 15) is 9.59 Å². The topological polar surface area (TPSA) is 46.2 Å². The van der Waals surface area contributed by atoms with Crippen LogP contribution in [0.1, 0.15) is 47.5 Å². The van der Waals surface area contributed by atoms with Crippen LogP contribution in [-0.4, -0.2) is 24.7 Å². The Labute approximate surface area is 93.6 Å². The molecule has 0 spiro atoms. The van der Waals surface area contributed by atoms with Crippen LogP contribution in [0.2, 0.25) is 0 Å². The number of carbonyl (C=O) groups excluding carboxylic acids is 2. The Hall–Kier alpha value is -0.700. The third-order valence-corrected chi connectivity index (χ3v) is 2.05. The van der Waals surface area contributed by atoms with Gasteiger partial charge in [0, 0.05) is 12.3 Å². The molecule has 1 atom stereocenters. The number of rotatable bonds is 6. The molecule has 0 bridgehead atoms. The quantitative estimate of drug-likeness (QED) is 0.739. The van der Waals surface area contributed by atoms with Crippen molar-refractivity contribution in [3.8, 4) is 0 Å². The van der Waals surface area contributed by atoms with Crippen LogP contribution in [0, 0.1) is 5.92 Å². The van der Waals surface area contributed by atoms with Crippen LogP contribution in [0.15, 0.2) is 0 Å². The van der Waals surface area contributed by atoms with Crippen LogP contribution in [0.3, 0.4) is 0 Å². The predicted octanol–water partition coefficient (Wildman–Crippen LogP) is 2.19. The molecule has 1 unspecified atom stereocenters. The Morgan fingerprint density at radius 1 is 1.20 bits per heavy atom. The SMILES string of the molecule is CC.CNC(CCC(C)=O)C(=O)C(C)C. The average Bonchev–Trinajstić information content (AvgIpc) is 2.21. The van der Waals surface area contributed by atoms with Gasteiger partial charge in [0.05, 0.1) is 6.04 Å². The zero-order valence-corrected chi connectivity index (χ0v) is 10.9. The second-order valence-electron chi connectivity index (χ2n) is 3.64. The van der Waals surface area contributed by atoms with Gasteiger partial charge in [0.1, 0.15) is 5.78 Å². The van der Waals surface area contributed by atoms with Gasteiger partial charge in [0.25, 0.3) is 0 Å². The van der Waals surface area contributed by atoms with Crippen LogP contribution >= 0.6 is 0 Å². The molecule has 0 aliphatic carbocycles. The maximum Gasteiger partial charge on any atom is 0.152 e. The molecule has 0 aromatic carbocycles. The minimum atomic E-state index is -0.163. The summed E-state index contributed by atoms with van der Waals surface area (Å²) in [5, 5.41) is 2.94. The smallest absolute Gasteiger partial charge is 0.152 e. The fraction of sp³-hybridized carbons (Fsp3) is 0.833. The summed E-state index contributed by atoms with van der Waals surface area (Å²) < 4.78 is 0. The third-order valence-electron chi connectivity index (χ3n) is 2.05. The van der Waals surface area contributed by atoms with Gasteiger partial charge in [-0.2, -0.15) is 0 Å². The zero-order valence-electron chi connectivity index (χ0n) is 10.9. The number of likely N-dealkylation sites (N-methyl/N-ethyl adjacent to an activating group) is 1. The van der Waals surface area contributed by atoms with Gasteiger partial charge in [-0.05, 0) is 20.4 Å². The van der Waals surface area contributed by atoms with Crippen LogP contribution in [-0.2, 0) is 9.59 Å². The van der Waals surface area contributed by atoms with E-state index in [4.69, 9.17) is 0 Å². The van der Waals surface area contributed by atoms with Gasteiger partial charge >= 0.3 is 0 Å². The molecule has 0 rings (SSSR count). The highest BCUT2D eigenvalue weighted by Crippen LogP contribution is 2.05. The van der Waals surface area contributed by atoms with Crippen molar-refractivity contribution in [3.63, 3.8) is 0 Å². The van der Waals surface area contributed by atoms with Gasteiger partial charge in [-0.15, -0.1) is 0 Å². The zero-order chi connectivity index (χ0) is 12.4. The molecule has 90 valence electrons. The van der Waals surface area contributed by atoms with Gasteiger partial charge in [-0.25, -0.2) is 0 Å². The molecule has 0 aliphatic rings. The Kier molecular flexibility index (Phi) is 11.0. The van der Waals surface area contributed by atoms with E-state index in [1.807, 2.05) is 27.7 Å². The fourth-order valence-electron chi connectivity index (χ4n) is 1.18. The van der Waals surface area contributed by atoms with Gasteiger partial charge in [-0.3, -0.25) is 4.79 Å². The molecular formula is C12H25NO2. The Morgan fingerprint density at radius 3 is 1.93 bits per heavy atom. The van der Waals surface area contributed by atoms with Gasteiger partial charge < -0.3 is 10.1 Å². The molecule has 0 aromatic heterocycles. The van der Waals surface area contributed by atoms with E-state index in [-0.39, 0.29) is 23.5 Å².